The van der Waals surface area contributed by atoms with Gasteiger partial charge in [0.1, 0.15) is 0 Å². The number of carbonyl (C=O) groups is 1. The maximum Gasteiger partial charge on any atom is 0.228 e. The number of nitrogens with two attached hydrogens (primary N) is 1. The Labute approximate surface area is 120 Å². The molecule has 20 heavy (non-hydrogen) atoms. The van der Waals surface area contributed by atoms with Gasteiger partial charge in [0.25, 0.3) is 0 Å². The van der Waals surface area contributed by atoms with Gasteiger partial charge in [0.05, 0.1) is 12.5 Å². The quantitative estimate of drug-likeness (QED) is 0.787. The summed E-state index contributed by atoms with van der Waals surface area (Å²) in [6.07, 6.45) is 5.12. The molecule has 0 aromatic carbocycles. The average Bonchev–Trinajstić information content (AvgIpc) is 2.49. The molecule has 110 valence electrons. The molecule has 0 aliphatic carbocycles. The van der Waals surface area contributed by atoms with Gasteiger partial charge >= 0.3 is 0 Å². The summed E-state index contributed by atoms with van der Waals surface area (Å²) < 4.78 is 5.74. The third-order valence-electron chi connectivity index (χ3n) is 3.56. The summed E-state index contributed by atoms with van der Waals surface area (Å²) in [5.41, 5.74) is 6.27. The summed E-state index contributed by atoms with van der Waals surface area (Å²) in [4.78, 5) is 18.3. The lowest BCUT2D eigenvalue weighted by molar-refractivity contribution is -0.133. The van der Waals surface area contributed by atoms with Gasteiger partial charge in [-0.2, -0.15) is 0 Å². The fourth-order valence-electron chi connectivity index (χ4n) is 2.37. The van der Waals surface area contributed by atoms with Crippen molar-refractivity contribution in [1.82, 2.24) is 9.88 Å². The number of likely N-dealkylation sites (tertiary alicyclic amines) is 1. The van der Waals surface area contributed by atoms with E-state index in [1.807, 2.05) is 23.1 Å². The molecule has 1 aromatic heterocycles. The molecule has 1 saturated heterocycles. The first-order chi connectivity index (χ1) is 9.79. The fourth-order valence-corrected chi connectivity index (χ4v) is 2.37. The van der Waals surface area contributed by atoms with E-state index in [4.69, 9.17) is 10.5 Å². The van der Waals surface area contributed by atoms with Crippen LogP contribution in [0, 0.1) is 0 Å². The first-order valence-electron chi connectivity index (χ1n) is 7.29. The van der Waals surface area contributed by atoms with Gasteiger partial charge in [0.15, 0.2) is 0 Å². The van der Waals surface area contributed by atoms with Gasteiger partial charge in [-0.25, -0.2) is 0 Å². The Balaban J connectivity index is 1.72. The van der Waals surface area contributed by atoms with Crippen LogP contribution in [0.5, 0.6) is 0 Å². The van der Waals surface area contributed by atoms with Crippen LogP contribution in [0.4, 0.5) is 0 Å². The number of ether oxygens (including phenoxy) is 1. The predicted molar refractivity (Wildman–Crippen MR) is 77.2 cm³/mol. The van der Waals surface area contributed by atoms with Gasteiger partial charge in [0, 0.05) is 31.6 Å². The van der Waals surface area contributed by atoms with E-state index in [0.29, 0.717) is 13.0 Å². The third kappa shape index (κ3) is 4.58. The Morgan fingerprint density at radius 1 is 1.40 bits per heavy atom. The van der Waals surface area contributed by atoms with Gasteiger partial charge in [-0.1, -0.05) is 6.07 Å². The summed E-state index contributed by atoms with van der Waals surface area (Å²) in [5, 5.41) is 0. The van der Waals surface area contributed by atoms with Crippen molar-refractivity contribution in [2.45, 2.75) is 31.8 Å². The Morgan fingerprint density at radius 3 is 2.85 bits per heavy atom. The summed E-state index contributed by atoms with van der Waals surface area (Å²) in [6.45, 7) is 2.95. The molecule has 0 spiro atoms. The van der Waals surface area contributed by atoms with Crippen LogP contribution in [-0.2, 0) is 16.0 Å². The molecular formula is C15H23N3O2. The second-order valence-electron chi connectivity index (χ2n) is 5.09. The van der Waals surface area contributed by atoms with Gasteiger partial charge < -0.3 is 15.4 Å². The minimum Gasteiger partial charge on any atom is -0.378 e. The lowest BCUT2D eigenvalue weighted by Gasteiger charge is -2.32. The smallest absolute Gasteiger partial charge is 0.228 e. The van der Waals surface area contributed by atoms with Crippen LogP contribution in [0.3, 0.4) is 0 Å². The molecule has 1 fully saturated rings. The van der Waals surface area contributed by atoms with Gasteiger partial charge in [0.2, 0.25) is 5.91 Å². The number of hydrogen-bond acceptors (Lipinski definition) is 4. The number of rotatable bonds is 6. The molecule has 2 rings (SSSR count). The Morgan fingerprint density at radius 2 is 2.20 bits per heavy atom. The van der Waals surface area contributed by atoms with Crippen LogP contribution in [0.15, 0.2) is 24.4 Å². The van der Waals surface area contributed by atoms with Crippen molar-refractivity contribution in [2.75, 3.05) is 26.2 Å². The zero-order valence-electron chi connectivity index (χ0n) is 11.8. The zero-order chi connectivity index (χ0) is 14.2. The number of pyridine rings is 1. The van der Waals surface area contributed by atoms with Crippen molar-refractivity contribution < 1.29 is 9.53 Å². The molecular weight excluding hydrogens is 254 g/mol. The molecule has 0 bridgehead atoms. The maximum absolute atomic E-state index is 12.2. The SMILES string of the molecule is NCCCOC1CCN(C(=O)Cc2ccccn2)CC1. The van der Waals surface area contributed by atoms with Crippen LogP contribution < -0.4 is 5.73 Å². The van der Waals surface area contributed by atoms with Gasteiger partial charge in [-0.15, -0.1) is 0 Å². The van der Waals surface area contributed by atoms with Crippen LogP contribution >= 0.6 is 0 Å². The number of carbonyl (C=O) groups excluding carboxylic acids is 1. The van der Waals surface area contributed by atoms with Crippen molar-refractivity contribution in [3.63, 3.8) is 0 Å². The molecule has 1 amide bonds. The molecule has 0 saturated carbocycles. The van der Waals surface area contributed by atoms with Crippen molar-refractivity contribution in [1.29, 1.82) is 0 Å². The number of piperidine rings is 1. The Bertz CT molecular complexity index is 403. The summed E-state index contributed by atoms with van der Waals surface area (Å²) >= 11 is 0. The lowest BCUT2D eigenvalue weighted by Crippen LogP contribution is -2.41. The number of nitrogens with zero attached hydrogens (tertiary/aromatic N) is 2. The van der Waals surface area contributed by atoms with E-state index in [-0.39, 0.29) is 12.0 Å². The van der Waals surface area contributed by atoms with E-state index in [0.717, 1.165) is 44.7 Å². The van der Waals surface area contributed by atoms with Crippen molar-refractivity contribution in [3.8, 4) is 0 Å². The molecule has 1 aromatic rings. The monoisotopic (exact) mass is 277 g/mol. The minimum absolute atomic E-state index is 0.157. The van der Waals surface area contributed by atoms with Gasteiger partial charge in [-0.3, -0.25) is 9.78 Å². The highest BCUT2D eigenvalue weighted by Crippen LogP contribution is 2.15. The van der Waals surface area contributed by atoms with E-state index in [1.54, 1.807) is 6.20 Å². The highest BCUT2D eigenvalue weighted by molar-refractivity contribution is 5.78. The second-order valence-corrected chi connectivity index (χ2v) is 5.09. The molecule has 2 heterocycles. The first kappa shape index (κ1) is 14.9. The topological polar surface area (TPSA) is 68.5 Å². The van der Waals surface area contributed by atoms with Crippen LogP contribution in [-0.4, -0.2) is 48.1 Å². The molecule has 0 unspecified atom stereocenters. The number of amides is 1. The highest BCUT2D eigenvalue weighted by atomic mass is 16.5. The maximum atomic E-state index is 12.2. The minimum atomic E-state index is 0.157. The van der Waals surface area contributed by atoms with E-state index in [9.17, 15) is 4.79 Å². The van der Waals surface area contributed by atoms with E-state index < -0.39 is 0 Å². The van der Waals surface area contributed by atoms with E-state index >= 15 is 0 Å². The van der Waals surface area contributed by atoms with Crippen molar-refractivity contribution in [3.05, 3.63) is 30.1 Å². The fraction of sp³-hybridized carbons (Fsp3) is 0.600. The molecule has 0 radical (unpaired) electrons. The largest absolute Gasteiger partial charge is 0.378 e. The Hall–Kier alpha value is -1.46. The lowest BCUT2D eigenvalue weighted by atomic mass is 10.1. The van der Waals surface area contributed by atoms with Crippen LogP contribution in [0.1, 0.15) is 25.0 Å². The van der Waals surface area contributed by atoms with E-state index in [1.165, 1.54) is 0 Å². The molecule has 1 aliphatic heterocycles. The van der Waals surface area contributed by atoms with Gasteiger partial charge in [-0.05, 0) is 37.9 Å². The second kappa shape index (κ2) is 7.97. The molecule has 5 nitrogen and oxygen atoms in total. The summed E-state index contributed by atoms with van der Waals surface area (Å²) in [6, 6.07) is 5.66. The van der Waals surface area contributed by atoms with E-state index in [2.05, 4.69) is 4.98 Å². The standard InChI is InChI=1S/C15H23N3O2/c16-7-3-11-20-14-5-9-18(10-6-14)15(19)12-13-4-1-2-8-17-13/h1-2,4,8,14H,3,5-7,9-12,16H2. The molecule has 5 heteroatoms. The summed E-state index contributed by atoms with van der Waals surface area (Å²) in [5.74, 6) is 0.157. The first-order valence-corrected chi connectivity index (χ1v) is 7.29. The molecule has 2 N–H and O–H groups in total. The normalized spacial score (nSPS) is 16.4. The molecule has 1 aliphatic rings. The Kier molecular flexibility index (Phi) is 5.95. The zero-order valence-corrected chi connectivity index (χ0v) is 11.8. The summed E-state index contributed by atoms with van der Waals surface area (Å²) in [7, 11) is 0. The number of aromatic nitrogens is 1. The highest BCUT2D eigenvalue weighted by Gasteiger charge is 2.23. The van der Waals surface area contributed by atoms with Crippen LogP contribution in [0.2, 0.25) is 0 Å². The van der Waals surface area contributed by atoms with Crippen molar-refractivity contribution >= 4 is 5.91 Å². The molecule has 0 atom stereocenters. The van der Waals surface area contributed by atoms with Crippen molar-refractivity contribution in [2.24, 2.45) is 5.73 Å². The third-order valence-corrected chi connectivity index (χ3v) is 3.56. The predicted octanol–water partition coefficient (Wildman–Crippen LogP) is 0.980. The van der Waals surface area contributed by atoms with Crippen LogP contribution in [0.25, 0.3) is 0 Å². The number of hydrogen-bond donors (Lipinski definition) is 1. The average molecular weight is 277 g/mol.